The SMILES string of the molecule is CN(C)c1ccc(-c2cccc(Cn3cnc4cnccc4c3=O)c2)cn1. The molecule has 0 fully saturated rings. The van der Waals surface area contributed by atoms with Gasteiger partial charge in [-0.3, -0.25) is 14.3 Å². The van der Waals surface area contributed by atoms with Crippen molar-refractivity contribution in [1.82, 2.24) is 19.5 Å². The van der Waals surface area contributed by atoms with E-state index in [4.69, 9.17) is 0 Å². The van der Waals surface area contributed by atoms with Gasteiger partial charge in [0.05, 0.1) is 30.0 Å². The van der Waals surface area contributed by atoms with Gasteiger partial charge in [0.25, 0.3) is 5.56 Å². The maximum Gasteiger partial charge on any atom is 0.261 e. The van der Waals surface area contributed by atoms with Crippen LogP contribution in [0.15, 0.2) is 72.2 Å². The molecule has 3 aromatic heterocycles. The molecule has 0 aliphatic heterocycles. The molecule has 0 unspecified atom stereocenters. The van der Waals surface area contributed by atoms with Gasteiger partial charge in [-0.2, -0.15) is 0 Å². The topological polar surface area (TPSA) is 63.9 Å². The molecule has 1 aromatic carbocycles. The van der Waals surface area contributed by atoms with Gasteiger partial charge in [0.15, 0.2) is 0 Å². The second-order valence-corrected chi connectivity index (χ2v) is 6.57. The third kappa shape index (κ3) is 3.42. The van der Waals surface area contributed by atoms with Crippen molar-refractivity contribution in [1.29, 1.82) is 0 Å². The number of hydrogen-bond acceptors (Lipinski definition) is 5. The Hall–Kier alpha value is -3.54. The molecule has 0 radical (unpaired) electrons. The summed E-state index contributed by atoms with van der Waals surface area (Å²) in [5.41, 5.74) is 3.68. The van der Waals surface area contributed by atoms with Crippen LogP contribution in [0.2, 0.25) is 0 Å². The van der Waals surface area contributed by atoms with E-state index in [1.807, 2.05) is 49.5 Å². The molecule has 6 nitrogen and oxygen atoms in total. The predicted molar refractivity (Wildman–Crippen MR) is 107 cm³/mol. The van der Waals surface area contributed by atoms with E-state index in [9.17, 15) is 4.79 Å². The van der Waals surface area contributed by atoms with Crippen LogP contribution in [-0.4, -0.2) is 33.6 Å². The number of nitrogens with zero attached hydrogens (tertiary/aromatic N) is 5. The summed E-state index contributed by atoms with van der Waals surface area (Å²) in [6.07, 6.45) is 6.66. The maximum absolute atomic E-state index is 12.7. The Kier molecular flexibility index (Phi) is 4.38. The summed E-state index contributed by atoms with van der Waals surface area (Å²) in [4.78, 5) is 27.4. The van der Waals surface area contributed by atoms with Gasteiger partial charge in [-0.1, -0.05) is 18.2 Å². The Bertz CT molecular complexity index is 1150. The number of anilines is 1. The zero-order valence-electron chi connectivity index (χ0n) is 15.2. The molecule has 0 saturated carbocycles. The van der Waals surface area contributed by atoms with E-state index in [-0.39, 0.29) is 5.56 Å². The number of aromatic nitrogens is 4. The van der Waals surface area contributed by atoms with Crippen molar-refractivity contribution in [3.05, 3.63) is 83.3 Å². The Balaban J connectivity index is 1.65. The minimum atomic E-state index is -0.0650. The summed E-state index contributed by atoms with van der Waals surface area (Å²) in [5.74, 6) is 0.915. The van der Waals surface area contributed by atoms with E-state index in [1.165, 1.54) is 0 Å². The largest absolute Gasteiger partial charge is 0.363 e. The van der Waals surface area contributed by atoms with E-state index >= 15 is 0 Å². The fourth-order valence-corrected chi connectivity index (χ4v) is 2.99. The highest BCUT2D eigenvalue weighted by Crippen LogP contribution is 2.21. The smallest absolute Gasteiger partial charge is 0.261 e. The first kappa shape index (κ1) is 16.9. The molecule has 0 spiro atoms. The van der Waals surface area contributed by atoms with Crippen LogP contribution in [0.5, 0.6) is 0 Å². The zero-order valence-corrected chi connectivity index (χ0v) is 15.2. The summed E-state index contributed by atoms with van der Waals surface area (Å²) < 4.78 is 1.62. The van der Waals surface area contributed by atoms with Crippen LogP contribution in [0.25, 0.3) is 22.0 Å². The van der Waals surface area contributed by atoms with Gasteiger partial charge in [-0.05, 0) is 35.4 Å². The zero-order chi connectivity index (χ0) is 18.8. The molecule has 4 aromatic rings. The molecule has 134 valence electrons. The van der Waals surface area contributed by atoms with E-state index in [2.05, 4.69) is 27.1 Å². The Labute approximate surface area is 156 Å². The minimum Gasteiger partial charge on any atom is -0.363 e. The lowest BCUT2D eigenvalue weighted by Crippen LogP contribution is -2.21. The van der Waals surface area contributed by atoms with Crippen LogP contribution in [0, 0.1) is 0 Å². The monoisotopic (exact) mass is 357 g/mol. The van der Waals surface area contributed by atoms with Crippen LogP contribution >= 0.6 is 0 Å². The second kappa shape index (κ2) is 6.99. The van der Waals surface area contributed by atoms with Crippen LogP contribution < -0.4 is 10.5 Å². The number of rotatable bonds is 4. The third-order valence-electron chi connectivity index (χ3n) is 4.45. The van der Waals surface area contributed by atoms with Gasteiger partial charge >= 0.3 is 0 Å². The van der Waals surface area contributed by atoms with E-state index in [0.29, 0.717) is 17.4 Å². The van der Waals surface area contributed by atoms with Crippen molar-refractivity contribution >= 4 is 16.7 Å². The lowest BCUT2D eigenvalue weighted by molar-refractivity contribution is 0.748. The molecule has 27 heavy (non-hydrogen) atoms. The number of hydrogen-bond donors (Lipinski definition) is 0. The van der Waals surface area contributed by atoms with Crippen molar-refractivity contribution in [3.63, 3.8) is 0 Å². The molecule has 6 heteroatoms. The van der Waals surface area contributed by atoms with Crippen LogP contribution in [0.4, 0.5) is 5.82 Å². The number of pyridine rings is 2. The number of benzene rings is 1. The van der Waals surface area contributed by atoms with Crippen LogP contribution in [-0.2, 0) is 6.54 Å². The predicted octanol–water partition coefficient (Wildman–Crippen LogP) is 2.97. The van der Waals surface area contributed by atoms with Crippen molar-refractivity contribution in [2.45, 2.75) is 6.54 Å². The highest BCUT2D eigenvalue weighted by molar-refractivity contribution is 5.75. The van der Waals surface area contributed by atoms with Gasteiger partial charge in [-0.15, -0.1) is 0 Å². The Morgan fingerprint density at radius 2 is 1.89 bits per heavy atom. The van der Waals surface area contributed by atoms with Crippen LogP contribution in [0.3, 0.4) is 0 Å². The molecule has 0 aliphatic rings. The number of fused-ring (bicyclic) bond motifs is 1. The first-order valence-electron chi connectivity index (χ1n) is 8.64. The highest BCUT2D eigenvalue weighted by Gasteiger charge is 2.06. The quantitative estimate of drug-likeness (QED) is 0.562. The highest BCUT2D eigenvalue weighted by atomic mass is 16.1. The van der Waals surface area contributed by atoms with Gasteiger partial charge in [0.2, 0.25) is 0 Å². The van der Waals surface area contributed by atoms with Crippen LogP contribution in [0.1, 0.15) is 5.56 Å². The van der Waals surface area contributed by atoms with E-state index < -0.39 is 0 Å². The van der Waals surface area contributed by atoms with Crippen molar-refractivity contribution in [2.75, 3.05) is 19.0 Å². The Morgan fingerprint density at radius 1 is 1.00 bits per heavy atom. The first-order chi connectivity index (χ1) is 13.1. The Morgan fingerprint density at radius 3 is 2.67 bits per heavy atom. The average molecular weight is 357 g/mol. The molecule has 3 heterocycles. The van der Waals surface area contributed by atoms with Gasteiger partial charge < -0.3 is 4.90 Å². The summed E-state index contributed by atoms with van der Waals surface area (Å²) in [7, 11) is 3.93. The maximum atomic E-state index is 12.7. The summed E-state index contributed by atoms with van der Waals surface area (Å²) in [5, 5.41) is 0.576. The molecule has 0 N–H and O–H groups in total. The normalized spacial score (nSPS) is 10.9. The second-order valence-electron chi connectivity index (χ2n) is 6.57. The third-order valence-corrected chi connectivity index (χ3v) is 4.45. The lowest BCUT2D eigenvalue weighted by atomic mass is 10.0. The fourth-order valence-electron chi connectivity index (χ4n) is 2.99. The van der Waals surface area contributed by atoms with Gasteiger partial charge in [0, 0.05) is 32.1 Å². The van der Waals surface area contributed by atoms with Crippen molar-refractivity contribution in [3.8, 4) is 11.1 Å². The molecular formula is C21H19N5O. The van der Waals surface area contributed by atoms with Crippen molar-refractivity contribution < 1.29 is 0 Å². The fraction of sp³-hybridized carbons (Fsp3) is 0.143. The molecule has 0 atom stereocenters. The summed E-state index contributed by atoms with van der Waals surface area (Å²) in [6, 6.07) is 13.9. The van der Waals surface area contributed by atoms with Gasteiger partial charge in [-0.25, -0.2) is 9.97 Å². The molecular weight excluding hydrogens is 338 g/mol. The molecule has 4 rings (SSSR count). The standard InChI is InChI=1S/C21H19N5O/c1-25(2)20-7-6-17(11-23-20)16-5-3-4-15(10-16)13-26-14-24-19-12-22-9-8-18(19)21(26)27/h3-12,14H,13H2,1-2H3. The molecule has 0 saturated heterocycles. The summed E-state index contributed by atoms with van der Waals surface area (Å²) >= 11 is 0. The average Bonchev–Trinajstić information content (AvgIpc) is 2.71. The lowest BCUT2D eigenvalue weighted by Gasteiger charge is -2.12. The van der Waals surface area contributed by atoms with E-state index in [0.717, 1.165) is 22.5 Å². The minimum absolute atomic E-state index is 0.0650. The molecule has 0 bridgehead atoms. The summed E-state index contributed by atoms with van der Waals surface area (Å²) in [6.45, 7) is 0.459. The molecule has 0 amide bonds. The van der Waals surface area contributed by atoms with Gasteiger partial charge in [0.1, 0.15) is 5.82 Å². The molecule has 0 aliphatic carbocycles. The first-order valence-corrected chi connectivity index (χ1v) is 8.64. The van der Waals surface area contributed by atoms with E-state index in [1.54, 1.807) is 29.4 Å². The van der Waals surface area contributed by atoms with Crippen molar-refractivity contribution in [2.24, 2.45) is 0 Å².